The molecule has 94 valence electrons. The number of fused-ring (bicyclic) bond motifs is 1. The maximum Gasteiger partial charge on any atom is 0.349 e. The smallest absolute Gasteiger partial charge is 0.256 e. The molecule has 0 N–H and O–H groups in total. The average molecular weight is 373 g/mol. The van der Waals surface area contributed by atoms with Crippen LogP contribution < -0.4 is 5.69 Å². The van der Waals surface area contributed by atoms with Crippen molar-refractivity contribution in [1.29, 1.82) is 0 Å². The molecule has 0 spiro atoms. The quantitative estimate of drug-likeness (QED) is 0.569. The number of benzene rings is 1. The number of rotatable bonds is 1. The van der Waals surface area contributed by atoms with Gasteiger partial charge >= 0.3 is 5.69 Å². The van der Waals surface area contributed by atoms with Crippen LogP contribution >= 0.6 is 34.8 Å². The van der Waals surface area contributed by atoms with Gasteiger partial charge in [-0.3, -0.25) is 4.68 Å². The monoisotopic (exact) mass is 373 g/mol. The van der Waals surface area contributed by atoms with Crippen molar-refractivity contribution in [2.45, 2.75) is 25.9 Å². The Kier molecular flexibility index (Phi) is 3.14. The lowest BCUT2D eigenvalue weighted by molar-refractivity contribution is 0.352. The number of aromatic nitrogens is 3. The van der Waals surface area contributed by atoms with Crippen molar-refractivity contribution in [2.24, 2.45) is 0 Å². The molecule has 6 heteroatoms. The van der Waals surface area contributed by atoms with E-state index in [1.807, 2.05) is 28.9 Å². The van der Waals surface area contributed by atoms with Gasteiger partial charge < -0.3 is 0 Å². The van der Waals surface area contributed by atoms with Crippen molar-refractivity contribution in [3.8, 4) is 5.69 Å². The molecule has 18 heavy (non-hydrogen) atoms. The molecule has 0 saturated carbocycles. The second kappa shape index (κ2) is 4.65. The van der Waals surface area contributed by atoms with Gasteiger partial charge in [-0.2, -0.15) is 0 Å². The Morgan fingerprint density at radius 3 is 2.28 bits per heavy atom. The summed E-state index contributed by atoms with van der Waals surface area (Å²) in [6.07, 6.45) is 2.13. The van der Waals surface area contributed by atoms with E-state index in [1.165, 1.54) is 0 Å². The zero-order chi connectivity index (χ0) is 12.7. The number of hydrogen-bond acceptors (Lipinski definition) is 2. The molecule has 1 aliphatic heterocycles. The number of nitrogens with zero attached hydrogens (tertiary/aromatic N) is 3. The summed E-state index contributed by atoms with van der Waals surface area (Å²) >= 11 is 7.66. The van der Waals surface area contributed by atoms with Crippen molar-refractivity contribution in [2.75, 3.05) is 0 Å². The molecule has 0 atom stereocenters. The van der Waals surface area contributed by atoms with Crippen LogP contribution in [0.4, 0.5) is 0 Å². The summed E-state index contributed by atoms with van der Waals surface area (Å²) < 4.78 is 7.03. The van der Waals surface area contributed by atoms with E-state index in [9.17, 15) is 4.79 Å². The highest BCUT2D eigenvalue weighted by Gasteiger charge is 2.16. The molecule has 1 aromatic carbocycles. The van der Waals surface area contributed by atoms with Gasteiger partial charge in [0.2, 0.25) is 4.77 Å². The molecule has 1 aliphatic rings. The van der Waals surface area contributed by atoms with Crippen molar-refractivity contribution in [3.05, 3.63) is 43.1 Å². The van der Waals surface area contributed by atoms with Crippen LogP contribution in [0.25, 0.3) is 5.69 Å². The molecule has 0 radical (unpaired) electrons. The van der Waals surface area contributed by atoms with Crippen LogP contribution in [0.15, 0.2) is 29.1 Å². The van der Waals surface area contributed by atoms with Gasteiger partial charge in [-0.1, -0.05) is 0 Å². The van der Waals surface area contributed by atoms with E-state index < -0.39 is 0 Å². The molecule has 0 saturated heterocycles. The maximum absolute atomic E-state index is 12.4. The van der Waals surface area contributed by atoms with E-state index in [1.54, 1.807) is 9.25 Å². The van der Waals surface area contributed by atoms with Gasteiger partial charge in [-0.15, -0.1) is 0 Å². The highest BCUT2D eigenvalue weighted by atomic mass is 127. The summed E-state index contributed by atoms with van der Waals surface area (Å²) in [5, 5.41) is 0. The fraction of sp³-hybridized carbons (Fsp3) is 0.333. The minimum absolute atomic E-state index is 0.0269. The van der Waals surface area contributed by atoms with Crippen molar-refractivity contribution < 1.29 is 0 Å². The van der Waals surface area contributed by atoms with E-state index >= 15 is 0 Å². The maximum atomic E-state index is 12.4. The first-order chi connectivity index (χ1) is 8.68. The summed E-state index contributed by atoms with van der Waals surface area (Å²) in [7, 11) is 0. The number of hydrogen-bond donors (Lipinski definition) is 0. The average Bonchev–Trinajstić information content (AvgIpc) is 2.64. The SMILES string of the molecule is O=c1n(-c2ccc(I)cc2)c(=S)n2n1CCCC2. The van der Waals surface area contributed by atoms with Gasteiger partial charge in [0.05, 0.1) is 5.69 Å². The molecule has 0 bridgehead atoms. The Morgan fingerprint density at radius 2 is 1.67 bits per heavy atom. The molecule has 0 aliphatic carbocycles. The first kappa shape index (κ1) is 12.2. The van der Waals surface area contributed by atoms with E-state index in [0.29, 0.717) is 4.77 Å². The molecule has 0 unspecified atom stereocenters. The normalized spacial score (nSPS) is 14.5. The van der Waals surface area contributed by atoms with Crippen LogP contribution in [0.2, 0.25) is 0 Å². The van der Waals surface area contributed by atoms with Crippen molar-refractivity contribution in [3.63, 3.8) is 0 Å². The van der Waals surface area contributed by atoms with Crippen molar-refractivity contribution >= 4 is 34.8 Å². The molecule has 1 aromatic heterocycles. The molecular weight excluding hydrogens is 361 g/mol. The third kappa shape index (κ3) is 1.87. The first-order valence-electron chi connectivity index (χ1n) is 5.87. The lowest BCUT2D eigenvalue weighted by Gasteiger charge is -2.14. The Hall–Kier alpha value is -0.890. The number of halogens is 1. The molecule has 3 rings (SSSR count). The predicted octanol–water partition coefficient (Wildman–Crippen LogP) is 2.57. The molecule has 4 nitrogen and oxygen atoms in total. The molecule has 0 fully saturated rings. The zero-order valence-corrected chi connectivity index (χ0v) is 12.6. The van der Waals surface area contributed by atoms with E-state index in [-0.39, 0.29) is 5.69 Å². The van der Waals surface area contributed by atoms with Gasteiger partial charge in [0.15, 0.2) is 0 Å². The van der Waals surface area contributed by atoms with Crippen LogP contribution in [0.1, 0.15) is 12.8 Å². The van der Waals surface area contributed by atoms with Crippen LogP contribution in [0, 0.1) is 8.34 Å². The predicted molar refractivity (Wildman–Crippen MR) is 80.8 cm³/mol. The Morgan fingerprint density at radius 1 is 1.06 bits per heavy atom. The third-order valence-corrected chi connectivity index (χ3v) is 4.30. The van der Waals surface area contributed by atoms with Gasteiger partial charge in [0.1, 0.15) is 0 Å². The Bertz CT molecular complexity index is 658. The van der Waals surface area contributed by atoms with E-state index in [4.69, 9.17) is 12.2 Å². The van der Waals surface area contributed by atoms with Crippen LogP contribution in [-0.2, 0) is 13.1 Å². The minimum atomic E-state index is -0.0269. The summed E-state index contributed by atoms with van der Waals surface area (Å²) in [6, 6.07) is 7.84. The standard InChI is InChI=1S/C12H12IN3OS/c13-9-3-5-10(6-4-9)16-11(17)14-7-1-2-8-15(14)12(16)18/h3-6H,1-2,7-8H2. The molecular formula is C12H12IN3OS. The Labute approximate surface area is 123 Å². The summed E-state index contributed by atoms with van der Waals surface area (Å²) in [5.41, 5.74) is 0.820. The molecule has 2 aromatic rings. The van der Waals surface area contributed by atoms with Gasteiger partial charge in [-0.05, 0) is 71.9 Å². The zero-order valence-electron chi connectivity index (χ0n) is 9.67. The van der Waals surface area contributed by atoms with Gasteiger partial charge in [0, 0.05) is 16.7 Å². The van der Waals surface area contributed by atoms with E-state index in [0.717, 1.165) is 35.2 Å². The fourth-order valence-corrected chi connectivity index (χ4v) is 3.02. The third-order valence-electron chi connectivity index (χ3n) is 3.19. The summed E-state index contributed by atoms with van der Waals surface area (Å²) in [5.74, 6) is 0. The summed E-state index contributed by atoms with van der Waals surface area (Å²) in [4.78, 5) is 12.4. The molecule has 0 amide bonds. The second-order valence-corrected chi connectivity index (χ2v) is 5.94. The van der Waals surface area contributed by atoms with Gasteiger partial charge in [0.25, 0.3) is 0 Å². The lowest BCUT2D eigenvalue weighted by Crippen LogP contribution is -2.29. The first-order valence-corrected chi connectivity index (χ1v) is 7.36. The van der Waals surface area contributed by atoms with Crippen molar-refractivity contribution in [1.82, 2.24) is 13.9 Å². The van der Waals surface area contributed by atoms with Gasteiger partial charge in [-0.25, -0.2) is 14.0 Å². The highest BCUT2D eigenvalue weighted by molar-refractivity contribution is 14.1. The minimum Gasteiger partial charge on any atom is -0.256 e. The van der Waals surface area contributed by atoms with Crippen LogP contribution in [0.3, 0.4) is 0 Å². The topological polar surface area (TPSA) is 31.9 Å². The largest absolute Gasteiger partial charge is 0.349 e. The van der Waals surface area contributed by atoms with Crippen LogP contribution in [-0.4, -0.2) is 13.9 Å². The summed E-state index contributed by atoms with van der Waals surface area (Å²) in [6.45, 7) is 1.60. The molecule has 2 heterocycles. The van der Waals surface area contributed by atoms with Crippen LogP contribution in [0.5, 0.6) is 0 Å². The second-order valence-electron chi connectivity index (χ2n) is 4.33. The van der Waals surface area contributed by atoms with E-state index in [2.05, 4.69) is 22.6 Å². The Balaban J connectivity index is 2.24. The lowest BCUT2D eigenvalue weighted by atomic mass is 10.3. The fourth-order valence-electron chi connectivity index (χ4n) is 2.29. The highest BCUT2D eigenvalue weighted by Crippen LogP contribution is 2.13.